The van der Waals surface area contributed by atoms with Crippen LogP contribution in [-0.4, -0.2) is 23.3 Å². The van der Waals surface area contributed by atoms with Gasteiger partial charge >= 0.3 is 0 Å². The third kappa shape index (κ3) is 2.57. The van der Waals surface area contributed by atoms with Crippen molar-refractivity contribution in [1.82, 2.24) is 15.5 Å². The molecule has 102 valence electrons. The second-order valence-corrected chi connectivity index (χ2v) is 5.58. The van der Waals surface area contributed by atoms with Gasteiger partial charge in [0, 0.05) is 6.61 Å². The maximum atomic E-state index is 5.64. The number of nitrogens with one attached hydrogen (secondary N) is 1. The van der Waals surface area contributed by atoms with Crippen molar-refractivity contribution in [1.29, 1.82) is 0 Å². The van der Waals surface area contributed by atoms with Crippen molar-refractivity contribution in [3.05, 3.63) is 11.7 Å². The fourth-order valence-corrected chi connectivity index (χ4v) is 2.36. The van der Waals surface area contributed by atoms with Crippen molar-refractivity contribution in [2.75, 3.05) is 13.2 Å². The average Bonchev–Trinajstić information content (AvgIpc) is 2.80. The zero-order chi connectivity index (χ0) is 13.2. The Balaban J connectivity index is 2.19. The summed E-state index contributed by atoms with van der Waals surface area (Å²) in [5.74, 6) is 1.29. The van der Waals surface area contributed by atoms with Crippen LogP contribution in [0, 0.1) is 0 Å². The molecule has 2 rings (SSSR count). The summed E-state index contributed by atoms with van der Waals surface area (Å²) in [6.07, 6.45) is 3.43. The predicted octanol–water partition coefficient (Wildman–Crippen LogP) is 2.33. The first-order valence-corrected chi connectivity index (χ1v) is 6.71. The fraction of sp³-hybridized carbons (Fsp3) is 0.846. The first-order valence-electron chi connectivity index (χ1n) is 6.71. The summed E-state index contributed by atoms with van der Waals surface area (Å²) in [7, 11) is 0. The molecule has 0 radical (unpaired) electrons. The van der Waals surface area contributed by atoms with Crippen molar-refractivity contribution in [2.24, 2.45) is 0 Å². The normalized spacial score (nSPS) is 25.3. The van der Waals surface area contributed by atoms with E-state index in [2.05, 4.69) is 22.4 Å². The SMILES string of the molecule is CCOC(C)(C)c1noc(C2(C)CCCCN2)n1. The molecule has 1 atom stereocenters. The van der Waals surface area contributed by atoms with Crippen LogP contribution in [0.1, 0.15) is 58.7 Å². The first kappa shape index (κ1) is 13.5. The van der Waals surface area contributed by atoms with Crippen molar-refractivity contribution in [2.45, 2.75) is 58.1 Å². The number of piperidine rings is 1. The van der Waals surface area contributed by atoms with Gasteiger partial charge < -0.3 is 14.6 Å². The molecule has 1 aliphatic heterocycles. The van der Waals surface area contributed by atoms with Gasteiger partial charge in [-0.3, -0.25) is 0 Å². The molecule has 0 amide bonds. The Labute approximate surface area is 108 Å². The summed E-state index contributed by atoms with van der Waals surface area (Å²) in [6.45, 7) is 9.64. The molecule has 18 heavy (non-hydrogen) atoms. The number of aromatic nitrogens is 2. The van der Waals surface area contributed by atoms with Gasteiger partial charge in [-0.1, -0.05) is 5.16 Å². The zero-order valence-corrected chi connectivity index (χ0v) is 11.7. The van der Waals surface area contributed by atoms with E-state index in [-0.39, 0.29) is 5.54 Å². The lowest BCUT2D eigenvalue weighted by Crippen LogP contribution is -2.43. The van der Waals surface area contributed by atoms with Crippen LogP contribution in [0.15, 0.2) is 4.52 Å². The van der Waals surface area contributed by atoms with Crippen molar-refractivity contribution < 1.29 is 9.26 Å². The van der Waals surface area contributed by atoms with Crippen molar-refractivity contribution >= 4 is 0 Å². The van der Waals surface area contributed by atoms with Gasteiger partial charge in [-0.05, 0) is 53.5 Å². The van der Waals surface area contributed by atoms with E-state index in [1.165, 1.54) is 12.8 Å². The molecule has 1 fully saturated rings. The third-order valence-electron chi connectivity index (χ3n) is 3.56. The van der Waals surface area contributed by atoms with Crippen LogP contribution in [0.25, 0.3) is 0 Å². The molecule has 0 spiro atoms. The Hall–Kier alpha value is -0.940. The number of nitrogens with zero attached hydrogens (tertiary/aromatic N) is 2. The predicted molar refractivity (Wildman–Crippen MR) is 68.2 cm³/mol. The molecule has 1 unspecified atom stereocenters. The Morgan fingerprint density at radius 2 is 2.22 bits per heavy atom. The fourth-order valence-electron chi connectivity index (χ4n) is 2.36. The molecule has 5 heteroatoms. The third-order valence-corrected chi connectivity index (χ3v) is 3.56. The van der Waals surface area contributed by atoms with Gasteiger partial charge in [0.15, 0.2) is 0 Å². The highest BCUT2D eigenvalue weighted by Gasteiger charge is 2.36. The second kappa shape index (κ2) is 4.97. The van der Waals surface area contributed by atoms with E-state index in [0.717, 1.165) is 13.0 Å². The maximum Gasteiger partial charge on any atom is 0.246 e. The Morgan fingerprint density at radius 3 is 2.83 bits per heavy atom. The van der Waals surface area contributed by atoms with Crippen LogP contribution in [0.5, 0.6) is 0 Å². The van der Waals surface area contributed by atoms with Gasteiger partial charge in [0.25, 0.3) is 0 Å². The van der Waals surface area contributed by atoms with Crippen molar-refractivity contribution in [3.8, 4) is 0 Å². The molecule has 5 nitrogen and oxygen atoms in total. The van der Waals surface area contributed by atoms with Crippen LogP contribution in [-0.2, 0) is 15.9 Å². The van der Waals surface area contributed by atoms with Crippen molar-refractivity contribution in [3.63, 3.8) is 0 Å². The summed E-state index contributed by atoms with van der Waals surface area (Å²) in [5, 5.41) is 7.55. The van der Waals surface area contributed by atoms with Gasteiger partial charge in [0.05, 0.1) is 5.54 Å². The molecule has 1 N–H and O–H groups in total. The summed E-state index contributed by atoms with van der Waals surface area (Å²) in [5.41, 5.74) is -0.687. The lowest BCUT2D eigenvalue weighted by Gasteiger charge is -2.31. The molecular formula is C13H23N3O2. The topological polar surface area (TPSA) is 60.2 Å². The summed E-state index contributed by atoms with van der Waals surface area (Å²) >= 11 is 0. The highest BCUT2D eigenvalue weighted by Crippen LogP contribution is 2.30. The lowest BCUT2D eigenvalue weighted by molar-refractivity contribution is -0.0221. The van der Waals surface area contributed by atoms with E-state index in [4.69, 9.17) is 9.26 Å². The first-order chi connectivity index (χ1) is 8.48. The van der Waals surface area contributed by atoms with E-state index in [9.17, 15) is 0 Å². The Morgan fingerprint density at radius 1 is 1.44 bits per heavy atom. The minimum absolute atomic E-state index is 0.189. The summed E-state index contributed by atoms with van der Waals surface area (Å²) in [6, 6.07) is 0. The zero-order valence-electron chi connectivity index (χ0n) is 11.7. The smallest absolute Gasteiger partial charge is 0.246 e. The van der Waals surface area contributed by atoms with E-state index < -0.39 is 5.60 Å². The highest BCUT2D eigenvalue weighted by molar-refractivity contribution is 5.06. The van der Waals surface area contributed by atoms with Gasteiger partial charge in [-0.25, -0.2) is 0 Å². The van der Waals surface area contributed by atoms with Gasteiger partial charge in [-0.2, -0.15) is 4.98 Å². The molecule has 0 aromatic carbocycles. The highest BCUT2D eigenvalue weighted by atomic mass is 16.5. The summed E-state index contributed by atoms with van der Waals surface area (Å²) < 4.78 is 11.1. The van der Waals surface area contributed by atoms with Gasteiger partial charge in [-0.15, -0.1) is 0 Å². The molecule has 2 heterocycles. The van der Waals surface area contributed by atoms with Crippen LogP contribution < -0.4 is 5.32 Å². The van der Waals surface area contributed by atoms with Gasteiger partial charge in [0.2, 0.25) is 11.7 Å². The molecule has 1 aromatic rings. The molecular weight excluding hydrogens is 230 g/mol. The van der Waals surface area contributed by atoms with E-state index in [1.807, 2.05) is 20.8 Å². The Kier molecular flexibility index (Phi) is 3.73. The van der Waals surface area contributed by atoms with E-state index in [1.54, 1.807) is 0 Å². The maximum absolute atomic E-state index is 5.64. The Bertz CT molecular complexity index is 395. The van der Waals surface area contributed by atoms with Crippen LogP contribution in [0.3, 0.4) is 0 Å². The monoisotopic (exact) mass is 253 g/mol. The van der Waals surface area contributed by atoms with E-state index >= 15 is 0 Å². The van der Waals surface area contributed by atoms with Gasteiger partial charge in [0.1, 0.15) is 5.60 Å². The largest absolute Gasteiger partial charge is 0.368 e. The number of hydrogen-bond donors (Lipinski definition) is 1. The molecule has 0 saturated carbocycles. The molecule has 0 bridgehead atoms. The molecule has 1 saturated heterocycles. The average molecular weight is 253 g/mol. The number of hydrogen-bond acceptors (Lipinski definition) is 5. The standard InChI is InChI=1S/C13H23N3O2/c1-5-17-12(2,3)10-15-11(18-16-10)13(4)8-6-7-9-14-13/h14H,5-9H2,1-4H3. The van der Waals surface area contributed by atoms with Crippen LogP contribution >= 0.6 is 0 Å². The molecule has 1 aliphatic rings. The van der Waals surface area contributed by atoms with Crippen LogP contribution in [0.2, 0.25) is 0 Å². The lowest BCUT2D eigenvalue weighted by atomic mass is 9.91. The van der Waals surface area contributed by atoms with E-state index in [0.29, 0.717) is 18.3 Å². The second-order valence-electron chi connectivity index (χ2n) is 5.58. The summed E-state index contributed by atoms with van der Waals surface area (Å²) in [4.78, 5) is 4.53. The number of ether oxygens (including phenoxy) is 1. The molecule has 1 aromatic heterocycles. The van der Waals surface area contributed by atoms with Crippen LogP contribution in [0.4, 0.5) is 0 Å². The quantitative estimate of drug-likeness (QED) is 0.892. The minimum Gasteiger partial charge on any atom is -0.368 e. The molecule has 0 aliphatic carbocycles. The minimum atomic E-state index is -0.498. The number of rotatable bonds is 4.